The standard InChI is InChI=1S/C19H22N2O5S/c1-2-26-19(23)16-10-6-7-11-17(16)21-18(22)14-20-27(24,25)13-12-15-8-4-3-5-9-15/h3-11,20H,2,12-14H2,1H3,(H,21,22). The smallest absolute Gasteiger partial charge is 0.340 e. The Balaban J connectivity index is 1.90. The van der Waals surface area contributed by atoms with Gasteiger partial charge in [-0.1, -0.05) is 42.5 Å². The first-order valence-corrected chi connectivity index (χ1v) is 10.1. The SMILES string of the molecule is CCOC(=O)c1ccccc1NC(=O)CNS(=O)(=O)CCc1ccccc1. The predicted molar refractivity (Wildman–Crippen MR) is 103 cm³/mol. The molecule has 0 atom stereocenters. The third kappa shape index (κ3) is 6.84. The van der Waals surface area contributed by atoms with Crippen molar-refractivity contribution in [1.82, 2.24) is 4.72 Å². The number of aryl methyl sites for hydroxylation is 1. The second-order valence-corrected chi connectivity index (χ2v) is 7.62. The minimum absolute atomic E-state index is 0.121. The fraction of sp³-hybridized carbons (Fsp3) is 0.263. The van der Waals surface area contributed by atoms with Crippen molar-refractivity contribution in [2.75, 3.05) is 24.2 Å². The molecule has 7 nitrogen and oxygen atoms in total. The molecule has 1 amide bonds. The van der Waals surface area contributed by atoms with Crippen molar-refractivity contribution in [3.63, 3.8) is 0 Å². The Morgan fingerprint density at radius 2 is 1.67 bits per heavy atom. The molecule has 0 unspecified atom stereocenters. The number of anilines is 1. The first kappa shape index (κ1) is 20.6. The molecule has 8 heteroatoms. The average Bonchev–Trinajstić information content (AvgIpc) is 2.66. The van der Waals surface area contributed by atoms with E-state index in [9.17, 15) is 18.0 Å². The Morgan fingerprint density at radius 3 is 2.37 bits per heavy atom. The lowest BCUT2D eigenvalue weighted by Crippen LogP contribution is -2.35. The summed E-state index contributed by atoms with van der Waals surface area (Å²) >= 11 is 0. The van der Waals surface area contributed by atoms with E-state index in [2.05, 4.69) is 10.0 Å². The number of para-hydroxylation sites is 1. The lowest BCUT2D eigenvalue weighted by Gasteiger charge is -2.11. The second-order valence-electron chi connectivity index (χ2n) is 5.69. The van der Waals surface area contributed by atoms with Gasteiger partial charge in [0.2, 0.25) is 15.9 Å². The molecule has 27 heavy (non-hydrogen) atoms. The van der Waals surface area contributed by atoms with Gasteiger partial charge in [-0.15, -0.1) is 0 Å². The first-order valence-electron chi connectivity index (χ1n) is 8.48. The first-order chi connectivity index (χ1) is 12.9. The average molecular weight is 390 g/mol. The van der Waals surface area contributed by atoms with Gasteiger partial charge in [0.15, 0.2) is 0 Å². The molecule has 0 radical (unpaired) electrons. The fourth-order valence-corrected chi connectivity index (χ4v) is 3.32. The molecule has 2 rings (SSSR count). The predicted octanol–water partition coefficient (Wildman–Crippen LogP) is 1.96. The van der Waals surface area contributed by atoms with Gasteiger partial charge in [-0.05, 0) is 31.0 Å². The number of carbonyl (C=O) groups excluding carboxylic acids is 2. The normalized spacial score (nSPS) is 11.0. The van der Waals surface area contributed by atoms with Crippen molar-refractivity contribution in [2.45, 2.75) is 13.3 Å². The number of sulfonamides is 1. The number of esters is 1. The summed E-state index contributed by atoms with van der Waals surface area (Å²) in [6.45, 7) is 1.47. The lowest BCUT2D eigenvalue weighted by atomic mass is 10.2. The van der Waals surface area contributed by atoms with Gasteiger partial charge in [-0.2, -0.15) is 0 Å². The maximum Gasteiger partial charge on any atom is 0.340 e. The molecule has 0 aliphatic heterocycles. The molecule has 0 spiro atoms. The molecule has 2 aromatic carbocycles. The van der Waals surface area contributed by atoms with Crippen LogP contribution in [0, 0.1) is 0 Å². The van der Waals surface area contributed by atoms with Crippen molar-refractivity contribution in [3.8, 4) is 0 Å². The lowest BCUT2D eigenvalue weighted by molar-refractivity contribution is -0.115. The summed E-state index contributed by atoms with van der Waals surface area (Å²) in [6, 6.07) is 15.6. The van der Waals surface area contributed by atoms with Crippen LogP contribution < -0.4 is 10.0 Å². The largest absolute Gasteiger partial charge is 0.462 e. The van der Waals surface area contributed by atoms with Crippen LogP contribution in [0.4, 0.5) is 5.69 Å². The van der Waals surface area contributed by atoms with Crippen molar-refractivity contribution in [1.29, 1.82) is 0 Å². The van der Waals surface area contributed by atoms with Gasteiger partial charge < -0.3 is 10.1 Å². The molecular weight excluding hydrogens is 368 g/mol. The van der Waals surface area contributed by atoms with Crippen molar-refractivity contribution < 1.29 is 22.7 Å². The Hall–Kier alpha value is -2.71. The maximum absolute atomic E-state index is 12.1. The molecule has 2 aromatic rings. The number of carbonyl (C=O) groups is 2. The molecule has 2 N–H and O–H groups in total. The quantitative estimate of drug-likeness (QED) is 0.638. The third-order valence-electron chi connectivity index (χ3n) is 3.65. The van der Waals surface area contributed by atoms with Gasteiger partial charge in [0, 0.05) is 0 Å². The molecular formula is C19H22N2O5S. The van der Waals surface area contributed by atoms with Crippen LogP contribution in [0.1, 0.15) is 22.8 Å². The summed E-state index contributed by atoms with van der Waals surface area (Å²) in [4.78, 5) is 24.0. The number of benzene rings is 2. The van der Waals surface area contributed by atoms with Crippen LogP contribution in [0.2, 0.25) is 0 Å². The molecule has 0 saturated heterocycles. The van der Waals surface area contributed by atoms with E-state index in [1.807, 2.05) is 30.3 Å². The van der Waals surface area contributed by atoms with Gasteiger partial charge in [-0.25, -0.2) is 17.9 Å². The van der Waals surface area contributed by atoms with Crippen molar-refractivity contribution >= 4 is 27.6 Å². The van der Waals surface area contributed by atoms with Crippen molar-refractivity contribution in [2.24, 2.45) is 0 Å². The number of hydrogen-bond acceptors (Lipinski definition) is 5. The molecule has 0 bridgehead atoms. The molecule has 0 fully saturated rings. The molecule has 0 aliphatic carbocycles. The van der Waals surface area contributed by atoms with Gasteiger partial charge in [0.1, 0.15) is 0 Å². The Bertz CT molecular complexity index is 882. The second kappa shape index (κ2) is 9.84. The third-order valence-corrected chi connectivity index (χ3v) is 4.98. The van der Waals surface area contributed by atoms with Crippen LogP contribution in [-0.2, 0) is 26.0 Å². The molecule has 0 aromatic heterocycles. The van der Waals surface area contributed by atoms with Crippen LogP contribution in [0.5, 0.6) is 0 Å². The fourth-order valence-electron chi connectivity index (χ4n) is 2.32. The highest BCUT2D eigenvalue weighted by Gasteiger charge is 2.16. The summed E-state index contributed by atoms with van der Waals surface area (Å²) in [5.41, 5.74) is 1.37. The van der Waals surface area contributed by atoms with E-state index in [0.29, 0.717) is 6.42 Å². The highest BCUT2D eigenvalue weighted by Crippen LogP contribution is 2.16. The zero-order chi connectivity index (χ0) is 19.7. The highest BCUT2D eigenvalue weighted by molar-refractivity contribution is 7.89. The minimum Gasteiger partial charge on any atom is -0.462 e. The highest BCUT2D eigenvalue weighted by atomic mass is 32.2. The molecule has 0 saturated carbocycles. The van der Waals surface area contributed by atoms with Gasteiger partial charge in [-0.3, -0.25) is 4.79 Å². The number of rotatable bonds is 9. The number of amides is 1. The molecule has 144 valence electrons. The van der Waals surface area contributed by atoms with E-state index >= 15 is 0 Å². The van der Waals surface area contributed by atoms with Crippen LogP contribution in [-0.4, -0.2) is 39.2 Å². The van der Waals surface area contributed by atoms with E-state index in [0.717, 1.165) is 5.56 Å². The van der Waals surface area contributed by atoms with Crippen LogP contribution in [0.3, 0.4) is 0 Å². The summed E-state index contributed by atoms with van der Waals surface area (Å²) < 4.78 is 31.3. The number of hydrogen-bond donors (Lipinski definition) is 2. The summed E-state index contributed by atoms with van der Waals surface area (Å²) in [5.74, 6) is -1.25. The topological polar surface area (TPSA) is 102 Å². The maximum atomic E-state index is 12.1. The van der Waals surface area contributed by atoms with E-state index in [4.69, 9.17) is 4.74 Å². The van der Waals surface area contributed by atoms with E-state index in [1.54, 1.807) is 25.1 Å². The number of ether oxygens (including phenoxy) is 1. The Labute approximate surface area is 158 Å². The van der Waals surface area contributed by atoms with Crippen LogP contribution >= 0.6 is 0 Å². The zero-order valence-corrected chi connectivity index (χ0v) is 15.8. The van der Waals surface area contributed by atoms with E-state index in [-0.39, 0.29) is 23.6 Å². The van der Waals surface area contributed by atoms with Crippen molar-refractivity contribution in [3.05, 3.63) is 65.7 Å². The summed E-state index contributed by atoms with van der Waals surface area (Å²) in [7, 11) is -3.60. The summed E-state index contributed by atoms with van der Waals surface area (Å²) in [6.07, 6.45) is 0.351. The zero-order valence-electron chi connectivity index (χ0n) is 15.0. The van der Waals surface area contributed by atoms with Gasteiger partial charge in [0.05, 0.1) is 30.2 Å². The Kier molecular flexibility index (Phi) is 7.51. The van der Waals surface area contributed by atoms with Gasteiger partial charge in [0.25, 0.3) is 0 Å². The van der Waals surface area contributed by atoms with E-state index in [1.165, 1.54) is 6.07 Å². The minimum atomic E-state index is -3.60. The molecule has 0 heterocycles. The summed E-state index contributed by atoms with van der Waals surface area (Å²) in [5, 5.41) is 2.53. The monoisotopic (exact) mass is 390 g/mol. The van der Waals surface area contributed by atoms with Gasteiger partial charge >= 0.3 is 5.97 Å². The van der Waals surface area contributed by atoms with E-state index < -0.39 is 28.4 Å². The van der Waals surface area contributed by atoms with Crippen LogP contribution in [0.15, 0.2) is 54.6 Å². The van der Waals surface area contributed by atoms with Crippen LogP contribution in [0.25, 0.3) is 0 Å². The molecule has 0 aliphatic rings. The Morgan fingerprint density at radius 1 is 1.00 bits per heavy atom. The number of nitrogens with one attached hydrogen (secondary N) is 2.